The Bertz CT molecular complexity index is 971. The van der Waals surface area contributed by atoms with Gasteiger partial charge in [0.15, 0.2) is 5.82 Å². The molecule has 164 valence electrons. The first-order chi connectivity index (χ1) is 14.1. The fourth-order valence-electron chi connectivity index (χ4n) is 5.22. The molecule has 4 heterocycles. The van der Waals surface area contributed by atoms with Gasteiger partial charge in [-0.25, -0.2) is 18.3 Å². The van der Waals surface area contributed by atoms with E-state index in [1.807, 2.05) is 19.0 Å². The molecule has 6 atom stereocenters. The number of likely N-dealkylation sites (tertiary alicyclic amines) is 1. The lowest BCUT2D eigenvalue weighted by molar-refractivity contribution is -0.0385. The number of hydrogen-bond donors (Lipinski definition) is 3. The molecule has 4 N–H and O–H groups in total. The second-order valence-corrected chi connectivity index (χ2v) is 9.00. The lowest BCUT2D eigenvalue weighted by Crippen LogP contribution is -2.45. The van der Waals surface area contributed by atoms with Crippen molar-refractivity contribution in [1.82, 2.24) is 24.4 Å². The van der Waals surface area contributed by atoms with Gasteiger partial charge in [0.1, 0.15) is 35.8 Å². The third-order valence-electron chi connectivity index (χ3n) is 6.59. The molecule has 5 rings (SSSR count). The first kappa shape index (κ1) is 20.0. The Morgan fingerprint density at radius 2 is 2.07 bits per heavy atom. The van der Waals surface area contributed by atoms with E-state index in [1.54, 1.807) is 17.0 Å². The third kappa shape index (κ3) is 2.91. The van der Waals surface area contributed by atoms with Crippen LogP contribution in [-0.4, -0.2) is 97.6 Å². The summed E-state index contributed by atoms with van der Waals surface area (Å²) in [6.45, 7) is 0.121. The van der Waals surface area contributed by atoms with Crippen molar-refractivity contribution >= 4 is 11.3 Å². The Hall–Kier alpha value is -1.92. The zero-order chi connectivity index (χ0) is 21.4. The van der Waals surface area contributed by atoms with E-state index >= 15 is 0 Å². The van der Waals surface area contributed by atoms with E-state index in [1.165, 1.54) is 10.8 Å². The molecule has 2 aromatic rings. The number of alkyl halides is 2. The van der Waals surface area contributed by atoms with Gasteiger partial charge in [0.25, 0.3) is 5.92 Å². The molecule has 11 heteroatoms. The average Bonchev–Trinajstić information content (AvgIpc) is 2.94. The quantitative estimate of drug-likeness (QED) is 0.623. The number of aliphatic hydroxyl groups excluding tert-OH is 2. The number of fused-ring (bicyclic) bond motifs is 1. The van der Waals surface area contributed by atoms with Gasteiger partial charge in [0.05, 0.1) is 12.2 Å². The van der Waals surface area contributed by atoms with Gasteiger partial charge in [-0.05, 0) is 32.6 Å². The predicted octanol–water partition coefficient (Wildman–Crippen LogP) is -0.113. The molecule has 3 aliphatic rings. The van der Waals surface area contributed by atoms with Crippen molar-refractivity contribution in [2.75, 3.05) is 32.9 Å². The minimum Gasteiger partial charge on any atom is -0.387 e. The van der Waals surface area contributed by atoms with E-state index in [2.05, 4.69) is 10.1 Å². The molecule has 1 unspecified atom stereocenters. The summed E-state index contributed by atoms with van der Waals surface area (Å²) in [5.41, 5.74) is 5.90. The van der Waals surface area contributed by atoms with Crippen LogP contribution in [0.15, 0.2) is 18.5 Å². The fourth-order valence-corrected chi connectivity index (χ4v) is 5.22. The average molecular weight is 424 g/mol. The second kappa shape index (κ2) is 6.54. The maximum absolute atomic E-state index is 14.2. The minimum absolute atomic E-state index is 0.223. The second-order valence-electron chi connectivity index (χ2n) is 9.00. The number of anilines is 1. The minimum atomic E-state index is -2.78. The smallest absolute Gasteiger partial charge is 0.262 e. The van der Waals surface area contributed by atoms with Gasteiger partial charge in [-0.3, -0.25) is 4.90 Å². The van der Waals surface area contributed by atoms with E-state index in [-0.39, 0.29) is 30.9 Å². The number of ether oxygens (including phenoxy) is 1. The van der Waals surface area contributed by atoms with Crippen LogP contribution < -0.4 is 5.73 Å². The van der Waals surface area contributed by atoms with Gasteiger partial charge >= 0.3 is 0 Å². The highest BCUT2D eigenvalue weighted by Crippen LogP contribution is 2.58. The van der Waals surface area contributed by atoms with Gasteiger partial charge in [-0.2, -0.15) is 5.10 Å². The first-order valence-electron chi connectivity index (χ1n) is 10.0. The molecule has 1 spiro atoms. The summed E-state index contributed by atoms with van der Waals surface area (Å²) < 4.78 is 36.1. The highest BCUT2D eigenvalue weighted by molar-refractivity contribution is 5.65. The zero-order valence-corrected chi connectivity index (χ0v) is 16.8. The van der Waals surface area contributed by atoms with Crippen molar-refractivity contribution in [2.45, 2.75) is 54.8 Å². The van der Waals surface area contributed by atoms with Gasteiger partial charge < -0.3 is 25.6 Å². The summed E-state index contributed by atoms with van der Waals surface area (Å²) in [6.07, 6.45) is -1.78. The number of nitrogens with two attached hydrogens (primary N) is 1. The van der Waals surface area contributed by atoms with Crippen LogP contribution in [0, 0.1) is 0 Å². The monoisotopic (exact) mass is 424 g/mol. The Morgan fingerprint density at radius 3 is 2.80 bits per heavy atom. The maximum Gasteiger partial charge on any atom is 0.262 e. The van der Waals surface area contributed by atoms with Gasteiger partial charge in [-0.1, -0.05) is 0 Å². The summed E-state index contributed by atoms with van der Waals surface area (Å²) in [6, 6.07) is 2.72. The van der Waals surface area contributed by atoms with Crippen LogP contribution in [0.3, 0.4) is 0 Å². The number of nitrogen functional groups attached to an aromatic ring is 1. The zero-order valence-electron chi connectivity index (χ0n) is 16.8. The Labute approximate surface area is 172 Å². The highest BCUT2D eigenvalue weighted by atomic mass is 19.3. The lowest BCUT2D eigenvalue weighted by atomic mass is 10.0. The summed E-state index contributed by atoms with van der Waals surface area (Å²) in [5.74, 6) is -2.49. The van der Waals surface area contributed by atoms with Crippen molar-refractivity contribution < 1.29 is 23.7 Å². The SMILES string of the molecule is CN(C)C[C@@H]1CC(F)(F)CN1[C@@H]1CC12O[C@@H](c1ccc3c(N)ncnn13)[C@H](O)[C@@H]2O. The number of rotatable bonds is 4. The molecule has 2 aromatic heterocycles. The van der Waals surface area contributed by atoms with E-state index < -0.39 is 29.8 Å². The Morgan fingerprint density at radius 1 is 1.30 bits per heavy atom. The van der Waals surface area contributed by atoms with Gasteiger partial charge in [-0.15, -0.1) is 0 Å². The van der Waals surface area contributed by atoms with Crippen LogP contribution in [0.25, 0.3) is 5.52 Å². The molecule has 1 saturated carbocycles. The molecule has 9 nitrogen and oxygen atoms in total. The topological polar surface area (TPSA) is 112 Å². The number of nitrogens with zero attached hydrogens (tertiary/aromatic N) is 5. The molecule has 3 fully saturated rings. The number of likely N-dealkylation sites (N-methyl/N-ethyl adjacent to an activating group) is 1. The molecule has 2 aliphatic heterocycles. The molecule has 1 aliphatic carbocycles. The van der Waals surface area contributed by atoms with E-state index in [4.69, 9.17) is 10.5 Å². The maximum atomic E-state index is 14.2. The van der Waals surface area contributed by atoms with E-state index in [9.17, 15) is 19.0 Å². The lowest BCUT2D eigenvalue weighted by Gasteiger charge is -2.28. The molecular formula is C19H26F2N6O3. The molecular weight excluding hydrogens is 398 g/mol. The fraction of sp³-hybridized carbons (Fsp3) is 0.684. The van der Waals surface area contributed by atoms with Crippen LogP contribution in [0.2, 0.25) is 0 Å². The number of aliphatic hydroxyl groups is 2. The number of hydrogen-bond acceptors (Lipinski definition) is 8. The molecule has 0 radical (unpaired) electrons. The van der Waals surface area contributed by atoms with Crippen LogP contribution in [-0.2, 0) is 4.74 Å². The third-order valence-corrected chi connectivity index (χ3v) is 6.59. The molecule has 2 saturated heterocycles. The van der Waals surface area contributed by atoms with Crippen LogP contribution in [0.1, 0.15) is 24.6 Å². The van der Waals surface area contributed by atoms with Crippen LogP contribution >= 0.6 is 0 Å². The Balaban J connectivity index is 1.42. The van der Waals surface area contributed by atoms with Crippen molar-refractivity contribution in [1.29, 1.82) is 0 Å². The standard InChI is InChI=1S/C19H26F2N6O3/c1-25(2)7-10-5-18(20,21)8-26(10)13-6-19(13)16(29)14(28)15(30-19)11-3-4-12-17(22)23-9-24-27(11)12/h3-4,9-10,13-16,28-29H,5-8H2,1-2H3,(H2,22,23,24)/t10-,13+,14-,15-,16-,19?/m0/s1. The summed E-state index contributed by atoms with van der Waals surface area (Å²) >= 11 is 0. The molecule has 0 bridgehead atoms. The van der Waals surface area contributed by atoms with Crippen LogP contribution in [0.5, 0.6) is 0 Å². The Kier molecular flexibility index (Phi) is 4.36. The van der Waals surface area contributed by atoms with Gasteiger partial charge in [0.2, 0.25) is 0 Å². The largest absolute Gasteiger partial charge is 0.387 e. The number of aromatic nitrogens is 3. The highest BCUT2D eigenvalue weighted by Gasteiger charge is 2.72. The molecule has 30 heavy (non-hydrogen) atoms. The van der Waals surface area contributed by atoms with Crippen LogP contribution in [0.4, 0.5) is 14.6 Å². The summed E-state index contributed by atoms with van der Waals surface area (Å²) in [7, 11) is 3.70. The normalized spacial score (nSPS) is 38.3. The van der Waals surface area contributed by atoms with Crippen molar-refractivity contribution in [3.63, 3.8) is 0 Å². The predicted molar refractivity (Wildman–Crippen MR) is 103 cm³/mol. The molecule has 0 amide bonds. The van der Waals surface area contributed by atoms with Crippen molar-refractivity contribution in [2.24, 2.45) is 0 Å². The summed E-state index contributed by atoms with van der Waals surface area (Å²) in [5, 5.41) is 25.8. The van der Waals surface area contributed by atoms with Crippen molar-refractivity contribution in [3.05, 3.63) is 24.2 Å². The molecule has 0 aromatic carbocycles. The van der Waals surface area contributed by atoms with E-state index in [0.29, 0.717) is 24.2 Å². The number of halogens is 2. The van der Waals surface area contributed by atoms with Gasteiger partial charge in [0, 0.05) is 25.0 Å². The first-order valence-corrected chi connectivity index (χ1v) is 10.0. The summed E-state index contributed by atoms with van der Waals surface area (Å²) in [4.78, 5) is 7.57. The van der Waals surface area contributed by atoms with Crippen molar-refractivity contribution in [3.8, 4) is 0 Å². The van der Waals surface area contributed by atoms with E-state index in [0.717, 1.165) is 0 Å².